The molecule has 4 N–H and O–H groups in total. The Bertz CT molecular complexity index is 679. The van der Waals surface area contributed by atoms with Crippen molar-refractivity contribution in [3.05, 3.63) is 11.8 Å². The van der Waals surface area contributed by atoms with Crippen LogP contribution in [-0.2, 0) is 18.9 Å². The van der Waals surface area contributed by atoms with Crippen molar-refractivity contribution < 1.29 is 29.1 Å². The molecular weight excluding hydrogens is 445 g/mol. The predicted octanol–water partition coefficient (Wildman–Crippen LogP) is 3.50. The van der Waals surface area contributed by atoms with Crippen LogP contribution in [0.5, 0.6) is 0 Å². The van der Waals surface area contributed by atoms with Crippen molar-refractivity contribution in [3.63, 3.8) is 0 Å². The van der Waals surface area contributed by atoms with Crippen molar-refractivity contribution in [1.82, 2.24) is 0 Å². The molecule has 0 amide bonds. The van der Waals surface area contributed by atoms with Gasteiger partial charge in [0.05, 0.1) is 48.4 Å². The number of epoxide rings is 1. The number of ether oxygens (including phenoxy) is 3. The van der Waals surface area contributed by atoms with Crippen LogP contribution < -0.4 is 5.73 Å². The number of hydrogen-bond acceptors (Lipinski definition) is 7. The largest absolute Gasteiger partial charge is 0.498 e. The molecule has 1 heterocycles. The van der Waals surface area contributed by atoms with E-state index in [1.165, 1.54) is 0 Å². The fourth-order valence-corrected chi connectivity index (χ4v) is 4.67. The summed E-state index contributed by atoms with van der Waals surface area (Å²) >= 11 is 0. The summed E-state index contributed by atoms with van der Waals surface area (Å²) in [5.41, 5.74) is 3.75. The molecule has 1 fully saturated rings. The highest BCUT2D eigenvalue weighted by Crippen LogP contribution is 2.50. The molecule has 0 bridgehead atoms. The van der Waals surface area contributed by atoms with Crippen LogP contribution in [-0.4, -0.2) is 72.5 Å². The lowest BCUT2D eigenvalue weighted by molar-refractivity contribution is -0.0924. The van der Waals surface area contributed by atoms with Crippen LogP contribution in [0.3, 0.4) is 0 Å². The summed E-state index contributed by atoms with van der Waals surface area (Å²) in [5, 5.41) is 20.5. The molecule has 0 radical (unpaired) electrons. The zero-order chi connectivity index (χ0) is 26.4. The summed E-state index contributed by atoms with van der Waals surface area (Å²) in [5.74, 6) is 1.78. The molecule has 0 saturated carbocycles. The normalized spacial score (nSPS) is 30.2. The average Bonchev–Trinajstić information content (AvgIpc) is 3.52. The highest BCUT2D eigenvalue weighted by atomic mass is 16.6. The third-order valence-electron chi connectivity index (χ3n) is 8.14. The smallest absolute Gasteiger partial charge is 0.314 e. The van der Waals surface area contributed by atoms with Crippen LogP contribution >= 0.6 is 0 Å². The van der Waals surface area contributed by atoms with Gasteiger partial charge < -0.3 is 34.8 Å². The summed E-state index contributed by atoms with van der Waals surface area (Å²) in [6.45, 7) is 17.2. The maximum Gasteiger partial charge on any atom is 0.314 e. The minimum atomic E-state index is -1.05. The van der Waals surface area contributed by atoms with E-state index in [0.29, 0.717) is 12.5 Å². The quantitative estimate of drug-likeness (QED) is 0.170. The minimum absolute atomic E-state index is 0.0734. The van der Waals surface area contributed by atoms with Crippen molar-refractivity contribution in [2.24, 2.45) is 23.5 Å². The topological polar surface area (TPSA) is 107 Å². The monoisotopic (exact) mass is 497 g/mol. The first kappa shape index (κ1) is 30.6. The Hall–Kier alpha value is -0.635. The summed E-state index contributed by atoms with van der Waals surface area (Å²) in [6.07, 6.45) is 6.87. The predicted molar refractivity (Wildman–Crippen MR) is 141 cm³/mol. The van der Waals surface area contributed by atoms with Gasteiger partial charge in [-0.2, -0.15) is 0 Å². The average molecular weight is 498 g/mol. The lowest BCUT2D eigenvalue weighted by Crippen LogP contribution is -2.55. The van der Waals surface area contributed by atoms with E-state index in [-0.39, 0.29) is 38.1 Å². The van der Waals surface area contributed by atoms with Crippen molar-refractivity contribution in [1.29, 1.82) is 0 Å². The summed E-state index contributed by atoms with van der Waals surface area (Å²) in [7, 11) is 0.199. The van der Waals surface area contributed by atoms with Gasteiger partial charge in [0.1, 0.15) is 5.50 Å². The summed E-state index contributed by atoms with van der Waals surface area (Å²) in [4.78, 5) is 0. The number of unbranched alkanes of at least 4 members (excludes halogenated alkanes) is 2. The molecule has 2 rings (SSSR count). The number of aliphatic hydroxyl groups excluding tert-OH is 1. The summed E-state index contributed by atoms with van der Waals surface area (Å²) in [6, 6.07) is -0.593. The molecule has 204 valence electrons. The van der Waals surface area contributed by atoms with Gasteiger partial charge in [0.25, 0.3) is 0 Å². The second kappa shape index (κ2) is 12.7. The molecule has 0 aromatic rings. The van der Waals surface area contributed by atoms with Gasteiger partial charge in [-0.3, -0.25) is 0 Å². The van der Waals surface area contributed by atoms with Gasteiger partial charge >= 0.3 is 7.48 Å². The lowest BCUT2D eigenvalue weighted by atomic mass is 9.65. The van der Waals surface area contributed by atoms with E-state index in [1.807, 2.05) is 13.8 Å². The van der Waals surface area contributed by atoms with Gasteiger partial charge in [-0.15, -0.1) is 0 Å². The fourth-order valence-electron chi connectivity index (χ4n) is 4.67. The molecular formula is C27H52BNO6. The van der Waals surface area contributed by atoms with E-state index < -0.39 is 22.7 Å². The van der Waals surface area contributed by atoms with E-state index in [0.717, 1.165) is 44.5 Å². The standard InChI is InChI=1S/C27H52BNO6/c1-9-11-13-32-21-16-22(33-14-12-10-2)20(15-19(21)18(3)4)24-27(34-24,23(29)17-30)28-35-26(7,8)25(5,6)31/h16,18-20,22-24,28,30-31H,9-15,17,29H2,1-8H3/t19-,20?,22+,23-,24?,27?/m1/s1. The first-order valence-electron chi connectivity index (χ1n) is 13.7. The van der Waals surface area contributed by atoms with Crippen LogP contribution in [0.4, 0.5) is 0 Å². The molecule has 3 unspecified atom stereocenters. The van der Waals surface area contributed by atoms with Crippen molar-refractivity contribution in [2.75, 3.05) is 19.8 Å². The molecule has 1 saturated heterocycles. The van der Waals surface area contributed by atoms with Gasteiger partial charge in [-0.05, 0) is 59.0 Å². The maximum absolute atomic E-state index is 10.6. The first-order valence-corrected chi connectivity index (χ1v) is 13.7. The Labute approximate surface area is 214 Å². The molecule has 6 atom stereocenters. The number of hydrogen-bond donors (Lipinski definition) is 3. The number of allylic oxidation sites excluding steroid dienone is 1. The molecule has 0 aromatic carbocycles. The first-order chi connectivity index (χ1) is 16.3. The van der Waals surface area contributed by atoms with Gasteiger partial charge in [0.15, 0.2) is 0 Å². The van der Waals surface area contributed by atoms with Gasteiger partial charge in [-0.25, -0.2) is 0 Å². The van der Waals surface area contributed by atoms with Crippen LogP contribution in [0.25, 0.3) is 0 Å². The fraction of sp³-hybridized carbons (Fsp3) is 0.926. The Morgan fingerprint density at radius 2 is 1.80 bits per heavy atom. The summed E-state index contributed by atoms with van der Waals surface area (Å²) < 4.78 is 25.2. The van der Waals surface area contributed by atoms with Crippen molar-refractivity contribution in [3.8, 4) is 0 Å². The van der Waals surface area contributed by atoms with Crippen LogP contribution in [0.15, 0.2) is 11.8 Å². The minimum Gasteiger partial charge on any atom is -0.498 e. The zero-order valence-corrected chi connectivity index (χ0v) is 23.5. The van der Waals surface area contributed by atoms with Crippen LogP contribution in [0.1, 0.15) is 87.5 Å². The van der Waals surface area contributed by atoms with E-state index >= 15 is 0 Å². The van der Waals surface area contributed by atoms with E-state index in [2.05, 4.69) is 33.8 Å². The Balaban J connectivity index is 2.30. The van der Waals surface area contributed by atoms with E-state index in [4.69, 9.17) is 24.6 Å². The number of nitrogens with two attached hydrogens (primary N) is 1. The molecule has 2 aliphatic rings. The van der Waals surface area contributed by atoms with Crippen molar-refractivity contribution >= 4 is 7.48 Å². The highest BCUT2D eigenvalue weighted by molar-refractivity contribution is 6.34. The van der Waals surface area contributed by atoms with Crippen molar-refractivity contribution in [2.45, 2.75) is 122 Å². The maximum atomic E-state index is 10.6. The van der Waals surface area contributed by atoms with Gasteiger partial charge in [0, 0.05) is 18.4 Å². The number of rotatable bonds is 16. The zero-order valence-electron chi connectivity index (χ0n) is 23.5. The molecule has 0 spiro atoms. The molecule has 7 nitrogen and oxygen atoms in total. The SMILES string of the molecule is CCCCOC1=C[C@H](OCCCC)C(C2OC2(BOC(C)(C)C(C)(C)O)[C@H](N)CO)C[C@@H]1C(C)C. The van der Waals surface area contributed by atoms with Gasteiger partial charge in [0.2, 0.25) is 0 Å². The third-order valence-corrected chi connectivity index (χ3v) is 8.14. The van der Waals surface area contributed by atoms with E-state index in [1.54, 1.807) is 13.8 Å². The molecule has 0 aromatic heterocycles. The molecule has 8 heteroatoms. The van der Waals surface area contributed by atoms with E-state index in [9.17, 15) is 10.2 Å². The van der Waals surface area contributed by atoms with Gasteiger partial charge in [-0.1, -0.05) is 40.5 Å². The highest BCUT2D eigenvalue weighted by Gasteiger charge is 2.66. The second-order valence-electron chi connectivity index (χ2n) is 11.9. The third kappa shape index (κ3) is 7.45. The lowest BCUT2D eigenvalue weighted by Gasteiger charge is -2.39. The van der Waals surface area contributed by atoms with Crippen LogP contribution in [0, 0.1) is 17.8 Å². The molecule has 35 heavy (non-hydrogen) atoms. The Morgan fingerprint density at radius 1 is 1.17 bits per heavy atom. The molecule has 1 aliphatic carbocycles. The van der Waals surface area contributed by atoms with Crippen LogP contribution in [0.2, 0.25) is 0 Å². The Kier molecular flexibility index (Phi) is 11.1. The Morgan fingerprint density at radius 3 is 2.34 bits per heavy atom. The molecule has 1 aliphatic heterocycles. The number of aliphatic hydroxyl groups is 2. The second-order valence-corrected chi connectivity index (χ2v) is 11.9.